The highest BCUT2D eigenvalue weighted by molar-refractivity contribution is 7.89. The second-order valence-corrected chi connectivity index (χ2v) is 5.96. The van der Waals surface area contributed by atoms with Gasteiger partial charge in [-0.05, 0) is 25.0 Å². The summed E-state index contributed by atoms with van der Waals surface area (Å²) >= 11 is 0. The molecule has 92 valence electrons. The maximum Gasteiger partial charge on any atom is 0.266 e. The molecule has 1 aliphatic rings. The molecule has 4 nitrogen and oxygen atoms in total. The number of benzene rings is 1. The number of sulfonamides is 1. The van der Waals surface area contributed by atoms with Crippen molar-refractivity contribution in [2.24, 2.45) is 0 Å². The minimum Gasteiger partial charge on any atom is -0.274 e. The van der Waals surface area contributed by atoms with Gasteiger partial charge in [0.25, 0.3) is 10.0 Å². The molecule has 1 fully saturated rings. The summed E-state index contributed by atoms with van der Waals surface area (Å²) in [5, 5.41) is 0. The summed E-state index contributed by atoms with van der Waals surface area (Å²) in [6.45, 7) is 0.302. The minimum atomic E-state index is -3.65. The zero-order chi connectivity index (χ0) is 12.3. The molecule has 1 aliphatic heterocycles. The van der Waals surface area contributed by atoms with E-state index >= 15 is 0 Å². The van der Waals surface area contributed by atoms with Crippen LogP contribution in [0.2, 0.25) is 0 Å². The molecule has 0 aromatic heterocycles. The van der Waals surface area contributed by atoms with Crippen molar-refractivity contribution in [3.05, 3.63) is 30.3 Å². The van der Waals surface area contributed by atoms with E-state index in [2.05, 4.69) is 0 Å². The fraction of sp³-hybridized carbons (Fsp3) is 0.417. The van der Waals surface area contributed by atoms with Gasteiger partial charge in [0.05, 0.1) is 4.90 Å². The quantitative estimate of drug-likeness (QED) is 0.807. The molecule has 5 heteroatoms. The lowest BCUT2D eigenvalue weighted by molar-refractivity contribution is -0.126. The number of rotatable bonds is 2. The summed E-state index contributed by atoms with van der Waals surface area (Å²) in [7, 11) is -3.65. The Balaban J connectivity index is 2.34. The molecule has 1 aromatic carbocycles. The lowest BCUT2D eigenvalue weighted by Gasteiger charge is -2.20. The topological polar surface area (TPSA) is 54.5 Å². The zero-order valence-electron chi connectivity index (χ0n) is 9.50. The number of amides is 1. The first-order chi connectivity index (χ1) is 8.12. The highest BCUT2D eigenvalue weighted by atomic mass is 32.2. The Kier molecular flexibility index (Phi) is 3.47. The molecule has 1 amide bonds. The van der Waals surface area contributed by atoms with Crippen molar-refractivity contribution in [1.29, 1.82) is 0 Å². The van der Waals surface area contributed by atoms with Crippen molar-refractivity contribution in [1.82, 2.24) is 4.31 Å². The van der Waals surface area contributed by atoms with E-state index in [4.69, 9.17) is 0 Å². The van der Waals surface area contributed by atoms with Crippen LogP contribution in [-0.4, -0.2) is 25.2 Å². The normalized spacial score (nSPS) is 17.9. The van der Waals surface area contributed by atoms with Crippen molar-refractivity contribution >= 4 is 15.9 Å². The van der Waals surface area contributed by atoms with E-state index in [0.29, 0.717) is 13.0 Å². The largest absolute Gasteiger partial charge is 0.274 e. The molecule has 1 aromatic rings. The lowest BCUT2D eigenvalue weighted by atomic mass is 10.2. The van der Waals surface area contributed by atoms with Gasteiger partial charge in [0, 0.05) is 13.0 Å². The van der Waals surface area contributed by atoms with E-state index < -0.39 is 10.0 Å². The van der Waals surface area contributed by atoms with Crippen LogP contribution < -0.4 is 0 Å². The Labute approximate surface area is 101 Å². The summed E-state index contributed by atoms with van der Waals surface area (Å²) in [5.74, 6) is -0.286. The van der Waals surface area contributed by atoms with Gasteiger partial charge < -0.3 is 0 Å². The van der Waals surface area contributed by atoms with Crippen LogP contribution in [0.15, 0.2) is 35.2 Å². The first kappa shape index (κ1) is 12.1. The SMILES string of the molecule is O=C1CCCCCN1S(=O)(=O)c1ccccc1. The molecule has 0 bridgehead atoms. The predicted molar refractivity (Wildman–Crippen MR) is 63.8 cm³/mol. The van der Waals surface area contributed by atoms with Crippen LogP contribution in [0.25, 0.3) is 0 Å². The monoisotopic (exact) mass is 253 g/mol. The van der Waals surface area contributed by atoms with E-state index in [0.717, 1.165) is 23.6 Å². The molecule has 0 unspecified atom stereocenters. The second-order valence-electron chi connectivity index (χ2n) is 4.09. The molecule has 1 heterocycles. The van der Waals surface area contributed by atoms with Crippen LogP contribution in [0, 0.1) is 0 Å². The van der Waals surface area contributed by atoms with Crippen LogP contribution in [-0.2, 0) is 14.8 Å². The van der Waals surface area contributed by atoms with Crippen molar-refractivity contribution in [2.75, 3.05) is 6.54 Å². The van der Waals surface area contributed by atoms with Gasteiger partial charge in [-0.3, -0.25) is 4.79 Å². The van der Waals surface area contributed by atoms with Gasteiger partial charge in [0.15, 0.2) is 0 Å². The van der Waals surface area contributed by atoms with Gasteiger partial charge in [0.2, 0.25) is 5.91 Å². The summed E-state index contributed by atoms with van der Waals surface area (Å²) in [5.41, 5.74) is 0. The smallest absolute Gasteiger partial charge is 0.266 e. The molecule has 0 spiro atoms. The number of carbonyl (C=O) groups excluding carboxylic acids is 1. The Morgan fingerprint density at radius 2 is 1.71 bits per heavy atom. The Morgan fingerprint density at radius 1 is 1.00 bits per heavy atom. The third kappa shape index (κ3) is 2.49. The summed E-state index contributed by atoms with van der Waals surface area (Å²) < 4.78 is 25.5. The lowest BCUT2D eigenvalue weighted by Crippen LogP contribution is -2.36. The first-order valence-electron chi connectivity index (χ1n) is 5.73. The molecule has 0 saturated carbocycles. The predicted octanol–water partition coefficient (Wildman–Crippen LogP) is 1.78. The van der Waals surface area contributed by atoms with Crippen LogP contribution in [0.3, 0.4) is 0 Å². The van der Waals surface area contributed by atoms with Crippen molar-refractivity contribution in [3.8, 4) is 0 Å². The van der Waals surface area contributed by atoms with Gasteiger partial charge in [0.1, 0.15) is 0 Å². The fourth-order valence-electron chi connectivity index (χ4n) is 1.93. The zero-order valence-corrected chi connectivity index (χ0v) is 10.3. The van der Waals surface area contributed by atoms with Crippen molar-refractivity contribution in [3.63, 3.8) is 0 Å². The van der Waals surface area contributed by atoms with Gasteiger partial charge in [-0.2, -0.15) is 0 Å². The standard InChI is InChI=1S/C12H15NO3S/c14-12-9-5-2-6-10-13(12)17(15,16)11-7-3-1-4-8-11/h1,3-4,7-8H,2,5-6,9-10H2. The summed E-state index contributed by atoms with van der Waals surface area (Å²) in [6, 6.07) is 8.12. The van der Waals surface area contributed by atoms with E-state index in [1.165, 1.54) is 12.1 Å². The molecular formula is C12H15NO3S. The first-order valence-corrected chi connectivity index (χ1v) is 7.17. The highest BCUT2D eigenvalue weighted by Crippen LogP contribution is 2.20. The molecule has 0 radical (unpaired) electrons. The van der Waals surface area contributed by atoms with Crippen LogP contribution >= 0.6 is 0 Å². The molecule has 17 heavy (non-hydrogen) atoms. The summed E-state index contributed by atoms with van der Waals surface area (Å²) in [6.07, 6.45) is 2.76. The molecule has 2 rings (SSSR count). The highest BCUT2D eigenvalue weighted by Gasteiger charge is 2.29. The van der Waals surface area contributed by atoms with Crippen LogP contribution in [0.4, 0.5) is 0 Å². The maximum atomic E-state index is 12.3. The molecule has 0 atom stereocenters. The Morgan fingerprint density at radius 3 is 2.41 bits per heavy atom. The van der Waals surface area contributed by atoms with E-state index in [9.17, 15) is 13.2 Å². The maximum absolute atomic E-state index is 12.3. The van der Waals surface area contributed by atoms with Crippen LogP contribution in [0.1, 0.15) is 25.7 Å². The van der Waals surface area contributed by atoms with Gasteiger partial charge >= 0.3 is 0 Å². The molecular weight excluding hydrogens is 238 g/mol. The third-order valence-electron chi connectivity index (χ3n) is 2.86. The average molecular weight is 253 g/mol. The van der Waals surface area contributed by atoms with E-state index in [1.807, 2.05) is 0 Å². The number of hydrogen-bond donors (Lipinski definition) is 0. The molecule has 0 aliphatic carbocycles. The van der Waals surface area contributed by atoms with Crippen LogP contribution in [0.5, 0.6) is 0 Å². The van der Waals surface area contributed by atoms with Gasteiger partial charge in [-0.25, -0.2) is 12.7 Å². The number of carbonyl (C=O) groups is 1. The summed E-state index contributed by atoms with van der Waals surface area (Å²) in [4.78, 5) is 12.0. The van der Waals surface area contributed by atoms with Gasteiger partial charge in [-0.1, -0.05) is 24.6 Å². The Bertz CT molecular complexity index is 496. The number of hydrogen-bond acceptors (Lipinski definition) is 3. The Hall–Kier alpha value is -1.36. The fourth-order valence-corrected chi connectivity index (χ4v) is 3.42. The number of nitrogens with zero attached hydrogens (tertiary/aromatic N) is 1. The average Bonchev–Trinajstić information content (AvgIpc) is 2.55. The van der Waals surface area contributed by atoms with E-state index in [-0.39, 0.29) is 10.8 Å². The molecule has 1 saturated heterocycles. The van der Waals surface area contributed by atoms with Crippen molar-refractivity contribution in [2.45, 2.75) is 30.6 Å². The second kappa shape index (κ2) is 4.87. The van der Waals surface area contributed by atoms with E-state index in [1.54, 1.807) is 18.2 Å². The third-order valence-corrected chi connectivity index (χ3v) is 4.70. The van der Waals surface area contributed by atoms with Gasteiger partial charge in [-0.15, -0.1) is 0 Å². The minimum absolute atomic E-state index is 0.190. The van der Waals surface area contributed by atoms with Crippen molar-refractivity contribution < 1.29 is 13.2 Å². The molecule has 0 N–H and O–H groups in total.